The normalized spacial score (nSPS) is 23.4. The Labute approximate surface area is 134 Å². The number of hydrogen-bond acceptors (Lipinski definition) is 5. The van der Waals surface area contributed by atoms with E-state index in [2.05, 4.69) is 15.4 Å². The van der Waals surface area contributed by atoms with Crippen molar-refractivity contribution in [1.82, 2.24) is 29.7 Å². The van der Waals surface area contributed by atoms with E-state index in [-0.39, 0.29) is 18.1 Å². The summed E-state index contributed by atoms with van der Waals surface area (Å²) in [5.74, 6) is 0.156. The van der Waals surface area contributed by atoms with E-state index in [9.17, 15) is 4.79 Å². The molecule has 0 N–H and O–H groups in total. The van der Waals surface area contributed by atoms with Crippen LogP contribution in [0.25, 0.3) is 0 Å². The molecular formula is C15H20N6O2. The molecule has 23 heavy (non-hydrogen) atoms. The molecule has 8 nitrogen and oxygen atoms in total. The minimum Gasteiger partial charge on any atom is -0.370 e. The van der Waals surface area contributed by atoms with E-state index in [0.717, 1.165) is 24.4 Å². The first-order valence-corrected chi connectivity index (χ1v) is 7.99. The van der Waals surface area contributed by atoms with Gasteiger partial charge < -0.3 is 9.64 Å². The maximum Gasteiger partial charge on any atom is 0.224 e. The quantitative estimate of drug-likeness (QED) is 0.826. The van der Waals surface area contributed by atoms with Crippen molar-refractivity contribution in [3.63, 3.8) is 0 Å². The first-order valence-electron chi connectivity index (χ1n) is 7.99. The van der Waals surface area contributed by atoms with Crippen molar-refractivity contribution < 1.29 is 9.53 Å². The zero-order valence-electron chi connectivity index (χ0n) is 13.1. The molecule has 0 aromatic carbocycles. The summed E-state index contributed by atoms with van der Waals surface area (Å²) in [6, 6.07) is 2.02. The lowest BCUT2D eigenvalue weighted by atomic mass is 10.00. The first kappa shape index (κ1) is 14.4. The van der Waals surface area contributed by atoms with Crippen LogP contribution in [0.3, 0.4) is 0 Å². The Bertz CT molecular complexity index is 708. The third kappa shape index (κ3) is 2.74. The van der Waals surface area contributed by atoms with Crippen molar-refractivity contribution in [2.45, 2.75) is 45.1 Å². The van der Waals surface area contributed by atoms with Crippen molar-refractivity contribution in [3.05, 3.63) is 29.8 Å². The minimum absolute atomic E-state index is 0.0749. The monoisotopic (exact) mass is 316 g/mol. The van der Waals surface area contributed by atoms with Gasteiger partial charge in [-0.3, -0.25) is 9.48 Å². The first-order chi connectivity index (χ1) is 11.2. The average Bonchev–Trinajstić information content (AvgIpc) is 3.20. The van der Waals surface area contributed by atoms with Gasteiger partial charge in [0.05, 0.1) is 36.3 Å². The molecule has 0 radical (unpaired) electrons. The minimum atomic E-state index is 0.0749. The van der Waals surface area contributed by atoms with Crippen LogP contribution in [0.4, 0.5) is 0 Å². The van der Waals surface area contributed by atoms with Crippen LogP contribution in [-0.4, -0.2) is 54.8 Å². The van der Waals surface area contributed by atoms with Crippen molar-refractivity contribution in [2.24, 2.45) is 0 Å². The number of hydrogen-bond donors (Lipinski definition) is 0. The summed E-state index contributed by atoms with van der Waals surface area (Å²) in [7, 11) is 0. The summed E-state index contributed by atoms with van der Waals surface area (Å²) in [5, 5.41) is 12.4. The number of fused-ring (bicyclic) bond motifs is 3. The second-order valence-corrected chi connectivity index (χ2v) is 6.19. The number of aryl methyl sites for hydroxylation is 2. The van der Waals surface area contributed by atoms with Gasteiger partial charge in [-0.15, -0.1) is 5.10 Å². The molecule has 1 amide bonds. The molecule has 4 rings (SSSR count). The predicted molar refractivity (Wildman–Crippen MR) is 80.4 cm³/mol. The maximum absolute atomic E-state index is 12.5. The smallest absolute Gasteiger partial charge is 0.224 e. The standard InChI is InChI=1S/C15H20N6O2/c1-11-2-6-20(17-11)7-4-15(22)19-5-3-14-13(9-19)21-12(10-23-14)8-16-18-21/h2,6,8,13-14H,3-5,7,9-10H2,1H3. The summed E-state index contributed by atoms with van der Waals surface area (Å²) < 4.78 is 9.61. The molecule has 0 saturated carbocycles. The topological polar surface area (TPSA) is 78.1 Å². The third-order valence-electron chi connectivity index (χ3n) is 4.61. The molecule has 0 bridgehead atoms. The van der Waals surface area contributed by atoms with Crippen molar-refractivity contribution in [1.29, 1.82) is 0 Å². The molecule has 0 spiro atoms. The number of amides is 1. The van der Waals surface area contributed by atoms with Gasteiger partial charge >= 0.3 is 0 Å². The van der Waals surface area contributed by atoms with E-state index in [1.807, 2.05) is 33.5 Å². The van der Waals surface area contributed by atoms with Crippen LogP contribution in [0.15, 0.2) is 18.5 Å². The number of piperidine rings is 1. The molecule has 2 aliphatic heterocycles. The molecule has 8 heteroatoms. The Morgan fingerprint density at radius 2 is 2.39 bits per heavy atom. The summed E-state index contributed by atoms with van der Waals surface area (Å²) in [4.78, 5) is 14.4. The molecule has 1 fully saturated rings. The maximum atomic E-state index is 12.5. The summed E-state index contributed by atoms with van der Waals surface area (Å²) in [6.07, 6.45) is 5.07. The zero-order valence-corrected chi connectivity index (χ0v) is 13.1. The molecule has 0 aliphatic carbocycles. The fourth-order valence-corrected chi connectivity index (χ4v) is 3.36. The van der Waals surface area contributed by atoms with Crippen LogP contribution >= 0.6 is 0 Å². The molecule has 4 heterocycles. The van der Waals surface area contributed by atoms with E-state index in [4.69, 9.17) is 4.74 Å². The number of nitrogens with zero attached hydrogens (tertiary/aromatic N) is 6. The Morgan fingerprint density at radius 3 is 3.22 bits per heavy atom. The van der Waals surface area contributed by atoms with E-state index in [0.29, 0.717) is 26.1 Å². The van der Waals surface area contributed by atoms with Crippen molar-refractivity contribution in [3.8, 4) is 0 Å². The molecule has 1 saturated heterocycles. The third-order valence-corrected chi connectivity index (χ3v) is 4.61. The van der Waals surface area contributed by atoms with Crippen molar-refractivity contribution in [2.75, 3.05) is 13.1 Å². The fourth-order valence-electron chi connectivity index (χ4n) is 3.36. The van der Waals surface area contributed by atoms with E-state index < -0.39 is 0 Å². The van der Waals surface area contributed by atoms with E-state index in [1.165, 1.54) is 0 Å². The van der Waals surface area contributed by atoms with Gasteiger partial charge in [-0.05, 0) is 19.4 Å². The lowest BCUT2D eigenvalue weighted by Gasteiger charge is -2.41. The van der Waals surface area contributed by atoms with Gasteiger partial charge in [0.15, 0.2) is 0 Å². The highest BCUT2D eigenvalue weighted by Crippen LogP contribution is 2.30. The molecule has 2 aromatic heterocycles. The fraction of sp³-hybridized carbons (Fsp3) is 0.600. The van der Waals surface area contributed by atoms with Gasteiger partial charge in [0.1, 0.15) is 0 Å². The SMILES string of the molecule is Cc1ccn(CCC(=O)N2CCC3OCc4cnnn4C3C2)n1. The molecule has 2 aliphatic rings. The summed E-state index contributed by atoms with van der Waals surface area (Å²) in [5.41, 5.74) is 1.95. The average molecular weight is 316 g/mol. The van der Waals surface area contributed by atoms with Crippen LogP contribution in [-0.2, 0) is 22.7 Å². The van der Waals surface area contributed by atoms with E-state index >= 15 is 0 Å². The number of likely N-dealkylation sites (tertiary alicyclic amines) is 1. The highest BCUT2D eigenvalue weighted by molar-refractivity contribution is 5.76. The van der Waals surface area contributed by atoms with Gasteiger partial charge in [0.2, 0.25) is 5.91 Å². The number of aromatic nitrogens is 5. The number of carbonyl (C=O) groups is 1. The number of ether oxygens (including phenoxy) is 1. The molecule has 2 atom stereocenters. The Balaban J connectivity index is 1.40. The van der Waals surface area contributed by atoms with Gasteiger partial charge in [-0.1, -0.05) is 5.21 Å². The highest BCUT2D eigenvalue weighted by atomic mass is 16.5. The zero-order chi connectivity index (χ0) is 15.8. The molecule has 122 valence electrons. The Kier molecular flexibility index (Phi) is 3.60. The molecule has 2 unspecified atom stereocenters. The molecule has 2 aromatic rings. The number of carbonyl (C=O) groups excluding carboxylic acids is 1. The second-order valence-electron chi connectivity index (χ2n) is 6.19. The lowest BCUT2D eigenvalue weighted by molar-refractivity contribution is -0.138. The van der Waals surface area contributed by atoms with Gasteiger partial charge in [-0.2, -0.15) is 5.10 Å². The van der Waals surface area contributed by atoms with Gasteiger partial charge in [0.25, 0.3) is 0 Å². The van der Waals surface area contributed by atoms with E-state index in [1.54, 1.807) is 6.20 Å². The summed E-state index contributed by atoms with van der Waals surface area (Å²) >= 11 is 0. The Morgan fingerprint density at radius 1 is 1.48 bits per heavy atom. The second kappa shape index (κ2) is 5.77. The van der Waals surface area contributed by atoms with Gasteiger partial charge in [-0.25, -0.2) is 4.68 Å². The number of rotatable bonds is 3. The highest BCUT2D eigenvalue weighted by Gasteiger charge is 2.37. The van der Waals surface area contributed by atoms with Crippen LogP contribution in [0, 0.1) is 6.92 Å². The predicted octanol–water partition coefficient (Wildman–Crippen LogP) is 0.546. The van der Waals surface area contributed by atoms with Gasteiger partial charge in [0, 0.05) is 32.3 Å². The van der Waals surface area contributed by atoms with Crippen LogP contribution < -0.4 is 0 Å². The van der Waals surface area contributed by atoms with Crippen LogP contribution in [0.2, 0.25) is 0 Å². The van der Waals surface area contributed by atoms with Crippen LogP contribution in [0.5, 0.6) is 0 Å². The molecular weight excluding hydrogens is 296 g/mol. The summed E-state index contributed by atoms with van der Waals surface area (Å²) in [6.45, 7) is 4.49. The van der Waals surface area contributed by atoms with Crippen molar-refractivity contribution >= 4 is 5.91 Å². The lowest BCUT2D eigenvalue weighted by Crippen LogP contribution is -2.50. The largest absolute Gasteiger partial charge is 0.370 e. The Hall–Kier alpha value is -2.22. The van der Waals surface area contributed by atoms with Crippen LogP contribution in [0.1, 0.15) is 30.3 Å².